The Morgan fingerprint density at radius 1 is 0.306 bits per heavy atom. The van der Waals surface area contributed by atoms with Crippen LogP contribution in [0.4, 0.5) is 0 Å². The van der Waals surface area contributed by atoms with Crippen molar-refractivity contribution in [2.75, 3.05) is 172 Å². The Bertz CT molecular complexity index is 3790. The van der Waals surface area contributed by atoms with Crippen molar-refractivity contribution >= 4 is 101 Å². The zero-order valence-corrected chi connectivity index (χ0v) is 77.7. The van der Waals surface area contributed by atoms with Crippen LogP contribution in [0.25, 0.3) is 0 Å². The van der Waals surface area contributed by atoms with Gasteiger partial charge in [0.15, 0.2) is 55.5 Å². The second-order valence-corrected chi connectivity index (χ2v) is 30.1. The fourth-order valence-corrected chi connectivity index (χ4v) is 13.1. The Kier molecular flexibility index (Phi) is 57.9. The largest absolute Gasteiger partial charge is 0.463 e. The number of unbranched alkanes of at least 4 members (excludes halogenated alkanes) is 2. The molecule has 0 aliphatic carbocycles. The Hall–Kier alpha value is -10.4. The van der Waals surface area contributed by atoms with E-state index in [9.17, 15) is 81.5 Å². The lowest BCUT2D eigenvalue weighted by Crippen LogP contribution is -2.66. The molecule has 17 atom stereocenters. The Balaban J connectivity index is 1.28. The fourth-order valence-electron chi connectivity index (χ4n) is 13.1. The highest BCUT2D eigenvalue weighted by molar-refractivity contribution is 5.91. The van der Waals surface area contributed by atoms with Gasteiger partial charge < -0.3 is 156 Å². The van der Waals surface area contributed by atoms with E-state index in [1.54, 1.807) is 30.3 Å². The van der Waals surface area contributed by atoms with Gasteiger partial charge in [-0.15, -0.1) is 0 Å². The van der Waals surface area contributed by atoms with Gasteiger partial charge >= 0.3 is 59.7 Å². The van der Waals surface area contributed by atoms with E-state index >= 15 is 0 Å². The van der Waals surface area contributed by atoms with Crippen LogP contribution in [0.5, 0.6) is 0 Å². The molecule has 0 spiro atoms. The fraction of sp³-hybridized carbons (Fsp3) is 0.729. The second-order valence-electron chi connectivity index (χ2n) is 30.1. The van der Waals surface area contributed by atoms with Crippen molar-refractivity contribution in [1.82, 2.24) is 37.2 Å². The third-order valence-corrected chi connectivity index (χ3v) is 18.6. The molecule has 1 unspecified atom stereocenters. The van der Waals surface area contributed by atoms with Gasteiger partial charge in [0.25, 0.3) is 0 Å². The molecular formula is C85H131N7O42. The number of ether oxygens (including phenoxy) is 25. The summed E-state index contributed by atoms with van der Waals surface area (Å²) >= 11 is 0. The Morgan fingerprint density at radius 3 is 0.888 bits per heavy atom. The van der Waals surface area contributed by atoms with Gasteiger partial charge in [0, 0.05) is 96.2 Å². The van der Waals surface area contributed by atoms with E-state index in [1.165, 1.54) is 20.8 Å². The van der Waals surface area contributed by atoms with Crippen LogP contribution in [0.2, 0.25) is 0 Å². The monoisotopic (exact) mass is 1920 g/mol. The maximum absolute atomic E-state index is 14.4. The molecule has 3 heterocycles. The van der Waals surface area contributed by atoms with E-state index in [0.29, 0.717) is 18.4 Å². The summed E-state index contributed by atoms with van der Waals surface area (Å²) in [4.78, 5) is 212. The summed E-state index contributed by atoms with van der Waals surface area (Å²) in [5.74, 6) is -11.4. The summed E-state index contributed by atoms with van der Waals surface area (Å²) in [6.07, 6.45) is -14.0. The molecule has 0 saturated carbocycles. The summed E-state index contributed by atoms with van der Waals surface area (Å²) in [7, 11) is 0. The van der Waals surface area contributed by atoms with Gasteiger partial charge in [-0.25, -0.2) is 4.79 Å². The van der Waals surface area contributed by atoms with Crippen molar-refractivity contribution in [2.24, 2.45) is 0 Å². The van der Waals surface area contributed by atoms with Crippen LogP contribution in [0.3, 0.4) is 0 Å². The minimum Gasteiger partial charge on any atom is -0.463 e. The van der Waals surface area contributed by atoms with Crippen LogP contribution < -0.4 is 37.2 Å². The van der Waals surface area contributed by atoms with Crippen LogP contribution >= 0.6 is 0 Å². The molecular weight excluding hydrogens is 1790 g/mol. The predicted octanol–water partition coefficient (Wildman–Crippen LogP) is -2.56. The predicted molar refractivity (Wildman–Crippen MR) is 451 cm³/mol. The lowest BCUT2D eigenvalue weighted by atomic mass is 9.96. The molecule has 49 heteroatoms. The van der Waals surface area contributed by atoms with E-state index in [0.717, 1.165) is 62.3 Å². The van der Waals surface area contributed by atoms with E-state index in [2.05, 4.69) is 37.2 Å². The maximum Gasteiger partial charge on any atom is 0.328 e. The van der Waals surface area contributed by atoms with Crippen LogP contribution in [-0.4, -0.2) is 377 Å². The van der Waals surface area contributed by atoms with Crippen molar-refractivity contribution in [3.8, 4) is 0 Å². The highest BCUT2D eigenvalue weighted by Crippen LogP contribution is 2.32. The summed E-state index contributed by atoms with van der Waals surface area (Å²) in [5, 5.41) is 18.7. The number of carbonyl (C=O) groups excluding carboxylic acids is 17. The minimum atomic E-state index is -1.33. The molecule has 7 amide bonds. The summed E-state index contributed by atoms with van der Waals surface area (Å²) in [6, 6.07) is 2.76. The first-order chi connectivity index (χ1) is 64.0. The average molecular weight is 1920 g/mol. The maximum atomic E-state index is 14.4. The first kappa shape index (κ1) is 116. The number of hydrogen-bond acceptors (Lipinski definition) is 42. The molecule has 0 bridgehead atoms. The van der Waals surface area contributed by atoms with Gasteiger partial charge in [0.05, 0.1) is 119 Å². The normalized spacial score (nSPS) is 21.7. The average Bonchev–Trinajstić information content (AvgIpc) is 0.794. The lowest BCUT2D eigenvalue weighted by molar-refractivity contribution is -0.279. The van der Waals surface area contributed by atoms with Crippen LogP contribution in [0.15, 0.2) is 30.3 Å². The number of carbonyl (C=O) groups is 17. The Morgan fingerprint density at radius 2 is 0.590 bits per heavy atom. The SMILES string of the molecule is CC(=O)NC1[C@H](OCCOCCOCCOCC(=O)NCCCC[C@H](NC(=O)[C@H](CCCCNC(=O)COCCOCCOCCO[C@@H]2O[C@H](COC(C)=O)[C@H](OC(C)=O)[C@H](OC(C)=O)[C@H]2NC(C)=O)NC(=O)COCCOCCOCCO[C@@H]2O[C@H](COC(C)=O)[C@H](OC(C)=O)[C@H](OC(C)=O)[C@H]2NC(C)=O)C(=O)OCc2ccccc2)O[C@H](COC(C)=O)[C@H](OC(C)=O)[C@@H]1OC(C)=O. The number of benzene rings is 1. The van der Waals surface area contributed by atoms with E-state index < -0.39 is 231 Å². The molecule has 758 valence electrons. The second kappa shape index (κ2) is 66.9. The van der Waals surface area contributed by atoms with Crippen LogP contribution in [0, 0.1) is 0 Å². The smallest absolute Gasteiger partial charge is 0.328 e. The molecule has 1 aromatic rings. The van der Waals surface area contributed by atoms with Crippen molar-refractivity contribution in [3.63, 3.8) is 0 Å². The van der Waals surface area contributed by atoms with E-state index in [4.69, 9.17) is 118 Å². The molecule has 134 heavy (non-hydrogen) atoms. The quantitative estimate of drug-likeness (QED) is 0.0200. The number of hydrogen-bond donors (Lipinski definition) is 7. The molecule has 3 saturated heterocycles. The molecule has 4 rings (SSSR count). The lowest BCUT2D eigenvalue weighted by Gasteiger charge is -2.44. The van der Waals surface area contributed by atoms with Crippen molar-refractivity contribution in [3.05, 3.63) is 35.9 Å². The first-order valence-electron chi connectivity index (χ1n) is 43.6. The number of rotatable bonds is 67. The van der Waals surface area contributed by atoms with Crippen molar-refractivity contribution in [2.45, 2.75) is 232 Å². The van der Waals surface area contributed by atoms with E-state index in [1.807, 2.05) is 0 Å². The zero-order chi connectivity index (χ0) is 98.7. The van der Waals surface area contributed by atoms with E-state index in [-0.39, 0.29) is 178 Å². The van der Waals surface area contributed by atoms with Gasteiger partial charge in [-0.05, 0) is 44.1 Å². The third-order valence-electron chi connectivity index (χ3n) is 18.6. The van der Waals surface area contributed by atoms with Gasteiger partial charge in [-0.2, -0.15) is 0 Å². The molecule has 7 N–H and O–H groups in total. The molecule has 3 aliphatic rings. The summed E-state index contributed by atoms with van der Waals surface area (Å²) in [6.45, 7) is 11.7. The molecule has 3 fully saturated rings. The van der Waals surface area contributed by atoms with Crippen molar-refractivity contribution < 1.29 is 200 Å². The number of nitrogens with one attached hydrogen (secondary N) is 7. The van der Waals surface area contributed by atoms with Gasteiger partial charge in [-0.3, -0.25) is 76.7 Å². The molecule has 0 aromatic heterocycles. The Labute approximate surface area is 775 Å². The van der Waals surface area contributed by atoms with Crippen molar-refractivity contribution in [1.29, 1.82) is 0 Å². The number of amides is 7. The summed E-state index contributed by atoms with van der Waals surface area (Å²) in [5.41, 5.74) is 0.660. The minimum absolute atomic E-state index is 0.00165. The first-order valence-corrected chi connectivity index (χ1v) is 43.6. The van der Waals surface area contributed by atoms with Crippen LogP contribution in [0.1, 0.15) is 127 Å². The standard InChI is InChI=1S/C85H131N7O42/c1-51(93)88-72-78(129-60(10)102)75(126-57(7)99)66(45-122-54(4)96)132-83(72)119-41-38-113-29-26-110-32-35-116-48-69(105)86-24-18-16-22-64(91-71(107)50-118-37-34-112-28-31-115-40-43-121-85-74(90-53(3)95)80(131-62(12)104)77(128-59(9)101)68(134-85)47-124-56(6)98)81(108)92-65(82(109)125-44-63-20-14-13-15-21-63)23-17-19-25-87-70(106)49-117-36-33-111-27-30-114-39-42-120-84-73(89-52(2)94)79(130-61(11)103)76(127-58(8)100)67(133-84)46-123-55(5)97/h13-15,20-21,64-68,72-80,83-85H,16-19,22-50H2,1-12H3,(H,86,105)(H,87,106)(H,88,93)(H,89,94)(H,90,95)(H,91,107)(H,92,108)/t64-,65-,66+,67+,68+,72+,73?,74+,75-,76-,77-,78+,79+,80+,83+,84+,85+/m0/s1. The van der Waals surface area contributed by atoms with Gasteiger partial charge in [0.2, 0.25) is 41.4 Å². The summed E-state index contributed by atoms with van der Waals surface area (Å²) < 4.78 is 139. The third kappa shape index (κ3) is 50.3. The molecule has 1 aromatic carbocycles. The van der Waals surface area contributed by atoms with Gasteiger partial charge in [-0.1, -0.05) is 30.3 Å². The molecule has 0 radical (unpaired) electrons. The van der Waals surface area contributed by atoms with Gasteiger partial charge in [0.1, 0.15) is 94.8 Å². The number of esters is 10. The highest BCUT2D eigenvalue weighted by atomic mass is 16.7. The molecule has 49 nitrogen and oxygen atoms in total. The van der Waals surface area contributed by atoms with Crippen LogP contribution in [-0.2, 0) is 207 Å². The molecule has 3 aliphatic heterocycles. The topological polar surface area (TPSA) is 605 Å². The zero-order valence-electron chi connectivity index (χ0n) is 77.7. The highest BCUT2D eigenvalue weighted by Gasteiger charge is 2.55.